The molecule has 0 radical (unpaired) electrons. The molecule has 0 unspecified atom stereocenters. The molecule has 1 N–H and O–H groups in total. The molecule has 3 rings (SSSR count). The highest BCUT2D eigenvalue weighted by molar-refractivity contribution is 7.99. The summed E-state index contributed by atoms with van der Waals surface area (Å²) in [5.74, 6) is 0.624. The smallest absolute Gasteiger partial charge is 0.243 e. The van der Waals surface area contributed by atoms with E-state index in [9.17, 15) is 9.59 Å². The molecule has 0 heterocycles. The Morgan fingerprint density at radius 1 is 0.919 bits per heavy atom. The van der Waals surface area contributed by atoms with Gasteiger partial charge >= 0.3 is 0 Å². The summed E-state index contributed by atoms with van der Waals surface area (Å²) in [7, 11) is 0. The molecule has 0 aliphatic carbocycles. The Labute approximate surface area is 234 Å². The van der Waals surface area contributed by atoms with Crippen molar-refractivity contribution < 1.29 is 9.59 Å². The van der Waals surface area contributed by atoms with Crippen molar-refractivity contribution in [2.45, 2.75) is 58.0 Å². The normalized spacial score (nSPS) is 12.6. The zero-order valence-electron chi connectivity index (χ0n) is 21.5. The van der Waals surface area contributed by atoms with Crippen molar-refractivity contribution in [3.63, 3.8) is 0 Å². The number of benzene rings is 3. The third kappa shape index (κ3) is 8.80. The van der Waals surface area contributed by atoms with Gasteiger partial charge in [0.1, 0.15) is 6.04 Å². The summed E-state index contributed by atoms with van der Waals surface area (Å²) >= 11 is 14.5. The van der Waals surface area contributed by atoms with Gasteiger partial charge in [0.15, 0.2) is 0 Å². The van der Waals surface area contributed by atoms with E-state index >= 15 is 0 Å². The Morgan fingerprint density at radius 3 is 2.19 bits per heavy atom. The Bertz CT molecular complexity index is 1150. The van der Waals surface area contributed by atoms with Crippen molar-refractivity contribution in [3.05, 3.63) is 105 Å². The highest BCUT2D eigenvalue weighted by atomic mass is 35.5. The first kappa shape index (κ1) is 29.1. The maximum atomic E-state index is 13.7. The minimum absolute atomic E-state index is 0.0115. The molecule has 3 aromatic rings. The average Bonchev–Trinajstić information content (AvgIpc) is 2.89. The fourth-order valence-electron chi connectivity index (χ4n) is 3.87. The first-order valence-electron chi connectivity index (χ1n) is 12.5. The number of hydrogen-bond acceptors (Lipinski definition) is 3. The summed E-state index contributed by atoms with van der Waals surface area (Å²) < 4.78 is 0. The quantitative estimate of drug-likeness (QED) is 0.259. The summed E-state index contributed by atoms with van der Waals surface area (Å²) in [5.41, 5.74) is 3.96. The Kier molecular flexibility index (Phi) is 11.4. The van der Waals surface area contributed by atoms with Crippen molar-refractivity contribution in [1.29, 1.82) is 0 Å². The minimum Gasteiger partial charge on any atom is -0.352 e. The van der Waals surface area contributed by atoms with Crippen molar-refractivity contribution in [1.82, 2.24) is 10.2 Å². The van der Waals surface area contributed by atoms with Gasteiger partial charge in [-0.3, -0.25) is 9.59 Å². The first-order valence-corrected chi connectivity index (χ1v) is 14.4. The molecule has 0 saturated carbocycles. The summed E-state index contributed by atoms with van der Waals surface area (Å²) in [4.78, 5) is 29.0. The van der Waals surface area contributed by atoms with E-state index in [4.69, 9.17) is 23.2 Å². The zero-order chi connectivity index (χ0) is 26.8. The van der Waals surface area contributed by atoms with Crippen LogP contribution in [0.15, 0.2) is 72.8 Å². The Hall–Kier alpha value is -2.47. The maximum absolute atomic E-state index is 13.7. The van der Waals surface area contributed by atoms with Crippen molar-refractivity contribution >= 4 is 46.8 Å². The number of thioether (sulfide) groups is 1. The molecule has 196 valence electrons. The molecular weight excluding hydrogens is 523 g/mol. The van der Waals surface area contributed by atoms with Crippen LogP contribution in [0.1, 0.15) is 42.5 Å². The third-order valence-corrected chi connectivity index (χ3v) is 7.97. The molecule has 0 aliphatic rings. The predicted octanol–water partition coefficient (Wildman–Crippen LogP) is 7.09. The third-order valence-electron chi connectivity index (χ3n) is 6.28. The highest BCUT2D eigenvalue weighted by Gasteiger charge is 2.31. The van der Waals surface area contributed by atoms with E-state index in [1.165, 1.54) is 17.3 Å². The molecule has 0 aliphatic heterocycles. The second-order valence-electron chi connectivity index (χ2n) is 9.22. The molecule has 3 aromatic carbocycles. The molecule has 2 amide bonds. The topological polar surface area (TPSA) is 49.4 Å². The Balaban J connectivity index is 1.90. The lowest BCUT2D eigenvalue weighted by Crippen LogP contribution is -2.52. The van der Waals surface area contributed by atoms with Gasteiger partial charge < -0.3 is 10.2 Å². The van der Waals surface area contributed by atoms with Crippen LogP contribution >= 0.6 is 35.0 Å². The van der Waals surface area contributed by atoms with Gasteiger partial charge in [0.25, 0.3) is 0 Å². The fraction of sp³-hybridized carbons (Fsp3) is 0.333. The number of amides is 2. The number of carbonyl (C=O) groups excluding carboxylic acids is 2. The highest BCUT2D eigenvalue weighted by Crippen LogP contribution is 2.28. The monoisotopic (exact) mass is 556 g/mol. The van der Waals surface area contributed by atoms with Crippen LogP contribution in [-0.4, -0.2) is 34.6 Å². The molecule has 7 heteroatoms. The summed E-state index contributed by atoms with van der Waals surface area (Å²) in [6.07, 6.45) is 1.18. The van der Waals surface area contributed by atoms with Crippen LogP contribution in [0.3, 0.4) is 0 Å². The van der Waals surface area contributed by atoms with E-state index in [0.717, 1.165) is 17.5 Å². The molecule has 0 saturated heterocycles. The van der Waals surface area contributed by atoms with Gasteiger partial charge in [-0.25, -0.2) is 0 Å². The first-order chi connectivity index (χ1) is 17.8. The lowest BCUT2D eigenvalue weighted by atomic mass is 10.0. The fourth-order valence-corrected chi connectivity index (χ4v) is 5.26. The van der Waals surface area contributed by atoms with Crippen LogP contribution < -0.4 is 5.32 Å². The number of rotatable bonds is 12. The van der Waals surface area contributed by atoms with Crippen molar-refractivity contribution in [3.8, 4) is 0 Å². The van der Waals surface area contributed by atoms with Gasteiger partial charge in [-0.15, -0.1) is 11.8 Å². The van der Waals surface area contributed by atoms with E-state index in [1.54, 1.807) is 23.1 Å². The molecule has 0 aromatic heterocycles. The van der Waals surface area contributed by atoms with Crippen LogP contribution in [0.25, 0.3) is 0 Å². The number of nitrogens with zero attached hydrogens (tertiary/aromatic N) is 1. The number of nitrogens with one attached hydrogen (secondary N) is 1. The van der Waals surface area contributed by atoms with Crippen LogP contribution in [0.5, 0.6) is 0 Å². The molecule has 0 spiro atoms. The van der Waals surface area contributed by atoms with E-state index in [1.807, 2.05) is 44.2 Å². The van der Waals surface area contributed by atoms with Gasteiger partial charge in [-0.05, 0) is 43.5 Å². The van der Waals surface area contributed by atoms with E-state index in [0.29, 0.717) is 27.8 Å². The van der Waals surface area contributed by atoms with Crippen LogP contribution in [-0.2, 0) is 28.3 Å². The molecule has 0 fully saturated rings. The second kappa shape index (κ2) is 14.5. The van der Waals surface area contributed by atoms with Gasteiger partial charge in [0.05, 0.1) is 5.75 Å². The van der Waals surface area contributed by atoms with Crippen LogP contribution in [0.2, 0.25) is 10.0 Å². The molecular formula is C30H34Cl2N2O2S. The SMILES string of the molecule is CC[C@@H](C)NC(=O)[C@@H](Cc1ccccc1)N(Cc1c(Cl)cccc1Cl)C(=O)CSCc1ccc(C)cc1. The Morgan fingerprint density at radius 2 is 1.57 bits per heavy atom. The van der Waals surface area contributed by atoms with Crippen molar-refractivity contribution in [2.24, 2.45) is 0 Å². The molecule has 37 heavy (non-hydrogen) atoms. The standard InChI is InChI=1S/C30H34Cl2N2O2S/c1-4-22(3)33-30(36)28(17-23-9-6-5-7-10-23)34(18-25-26(31)11-8-12-27(25)32)29(35)20-37-19-24-15-13-21(2)14-16-24/h5-16,22,28H,4,17-20H2,1-3H3,(H,33,36)/t22-,28-/m1/s1. The van der Waals surface area contributed by atoms with Gasteiger partial charge in [-0.2, -0.15) is 0 Å². The molecule has 2 atom stereocenters. The summed E-state index contributed by atoms with van der Waals surface area (Å²) in [6.45, 7) is 6.18. The minimum atomic E-state index is -0.712. The maximum Gasteiger partial charge on any atom is 0.243 e. The number of carbonyl (C=O) groups is 2. The lowest BCUT2D eigenvalue weighted by Gasteiger charge is -2.32. The summed E-state index contributed by atoms with van der Waals surface area (Å²) in [6, 6.07) is 22.6. The lowest BCUT2D eigenvalue weighted by molar-refractivity contribution is -0.139. The van der Waals surface area contributed by atoms with Gasteiger partial charge in [0.2, 0.25) is 11.8 Å². The average molecular weight is 558 g/mol. The van der Waals surface area contributed by atoms with E-state index in [-0.39, 0.29) is 30.2 Å². The summed E-state index contributed by atoms with van der Waals surface area (Å²) in [5, 5.41) is 4.02. The zero-order valence-corrected chi connectivity index (χ0v) is 23.9. The number of aryl methyl sites for hydroxylation is 1. The van der Waals surface area contributed by atoms with Crippen LogP contribution in [0.4, 0.5) is 0 Å². The van der Waals surface area contributed by atoms with Crippen molar-refractivity contribution in [2.75, 3.05) is 5.75 Å². The number of halogens is 2. The molecule has 0 bridgehead atoms. The second-order valence-corrected chi connectivity index (χ2v) is 11.0. The molecule has 4 nitrogen and oxygen atoms in total. The van der Waals surface area contributed by atoms with E-state index < -0.39 is 6.04 Å². The predicted molar refractivity (Wildman–Crippen MR) is 156 cm³/mol. The van der Waals surface area contributed by atoms with Crippen LogP contribution in [0, 0.1) is 6.92 Å². The van der Waals surface area contributed by atoms with Gasteiger partial charge in [-0.1, -0.05) is 96.4 Å². The largest absolute Gasteiger partial charge is 0.352 e. The number of hydrogen-bond donors (Lipinski definition) is 1. The van der Waals surface area contributed by atoms with Gasteiger partial charge in [0, 0.05) is 40.4 Å². The van der Waals surface area contributed by atoms with E-state index in [2.05, 4.69) is 36.5 Å².